The fraction of sp³-hybridized carbons (Fsp3) is 0.519. The van der Waals surface area contributed by atoms with Gasteiger partial charge in [-0.2, -0.15) is 0 Å². The van der Waals surface area contributed by atoms with Gasteiger partial charge in [-0.15, -0.1) is 0 Å². The number of aliphatic hydroxyl groups is 1. The summed E-state index contributed by atoms with van der Waals surface area (Å²) in [6, 6.07) is 17.1. The highest BCUT2D eigenvalue weighted by atomic mass is 16.5. The van der Waals surface area contributed by atoms with Crippen molar-refractivity contribution in [1.29, 1.82) is 0 Å². The minimum Gasteiger partial charge on any atom is -0.378 e. The van der Waals surface area contributed by atoms with Crippen LogP contribution in [0.15, 0.2) is 48.5 Å². The fourth-order valence-electron chi connectivity index (χ4n) is 6.31. The lowest BCUT2D eigenvalue weighted by molar-refractivity contribution is 0.0513. The van der Waals surface area contributed by atoms with E-state index in [-0.39, 0.29) is 11.1 Å². The second kappa shape index (κ2) is 8.78. The highest BCUT2D eigenvalue weighted by molar-refractivity contribution is 5.82. The van der Waals surface area contributed by atoms with Gasteiger partial charge < -0.3 is 24.6 Å². The third-order valence-corrected chi connectivity index (χ3v) is 8.50. The van der Waals surface area contributed by atoms with Gasteiger partial charge in [0.2, 0.25) is 5.95 Å². The molecular formula is C27H36N6O2. The minimum atomic E-state index is -0.700. The maximum absolute atomic E-state index is 11.1. The molecule has 8 nitrogen and oxygen atoms in total. The normalized spacial score (nSPS) is 29.5. The molecule has 0 bridgehead atoms. The molecule has 35 heavy (non-hydrogen) atoms. The van der Waals surface area contributed by atoms with Crippen molar-refractivity contribution in [3.8, 4) is 0 Å². The van der Waals surface area contributed by atoms with Crippen molar-refractivity contribution >= 4 is 22.7 Å². The van der Waals surface area contributed by atoms with Gasteiger partial charge in [-0.1, -0.05) is 30.3 Å². The third-order valence-electron chi connectivity index (χ3n) is 8.50. The number of morpholine rings is 1. The van der Waals surface area contributed by atoms with Crippen LogP contribution in [0.25, 0.3) is 11.0 Å². The van der Waals surface area contributed by atoms with Gasteiger partial charge in [-0.25, -0.2) is 4.98 Å². The SMILES string of the molecule is CN(C)[C@]1(c2ccccc2)CC[C@]2(CC1)CN(c1ccc3[nH]c(N4CCOCC4)nc3c1)C(O)N2. The van der Waals surface area contributed by atoms with Gasteiger partial charge in [0.1, 0.15) is 0 Å². The van der Waals surface area contributed by atoms with Crippen LogP contribution in [0.4, 0.5) is 11.6 Å². The van der Waals surface area contributed by atoms with Crippen molar-refractivity contribution < 1.29 is 9.84 Å². The van der Waals surface area contributed by atoms with Crippen LogP contribution in [0.2, 0.25) is 0 Å². The van der Waals surface area contributed by atoms with E-state index >= 15 is 0 Å². The second-order valence-electron chi connectivity index (χ2n) is 10.6. The monoisotopic (exact) mass is 476 g/mol. The topological polar surface area (TPSA) is 79.9 Å². The number of aliphatic hydroxyl groups excluding tert-OH is 1. The zero-order valence-electron chi connectivity index (χ0n) is 20.7. The van der Waals surface area contributed by atoms with Crippen molar-refractivity contribution in [2.45, 2.75) is 43.1 Å². The molecule has 0 radical (unpaired) electrons. The number of ether oxygens (including phenoxy) is 1. The number of H-pyrrole nitrogens is 1. The van der Waals surface area contributed by atoms with E-state index in [9.17, 15) is 5.11 Å². The molecule has 3 fully saturated rings. The molecule has 2 saturated heterocycles. The molecule has 1 aliphatic carbocycles. The Labute approximate surface area is 206 Å². The summed E-state index contributed by atoms with van der Waals surface area (Å²) in [5.74, 6) is 0.894. The van der Waals surface area contributed by atoms with Crippen LogP contribution >= 0.6 is 0 Å². The van der Waals surface area contributed by atoms with Crippen molar-refractivity contribution in [2.75, 3.05) is 56.7 Å². The predicted molar refractivity (Wildman–Crippen MR) is 139 cm³/mol. The lowest BCUT2D eigenvalue weighted by Gasteiger charge is -2.49. The number of hydrogen-bond acceptors (Lipinski definition) is 7. The molecule has 8 heteroatoms. The van der Waals surface area contributed by atoms with Gasteiger partial charge >= 0.3 is 0 Å². The Kier molecular flexibility index (Phi) is 5.72. The van der Waals surface area contributed by atoms with Gasteiger partial charge in [-0.05, 0) is 63.5 Å². The number of fused-ring (bicyclic) bond motifs is 1. The Morgan fingerprint density at radius 1 is 1.03 bits per heavy atom. The van der Waals surface area contributed by atoms with Crippen LogP contribution in [0.3, 0.4) is 0 Å². The molecule has 1 unspecified atom stereocenters. The van der Waals surface area contributed by atoms with Gasteiger partial charge in [0.25, 0.3) is 0 Å². The van der Waals surface area contributed by atoms with Crippen molar-refractivity contribution in [2.24, 2.45) is 0 Å². The first kappa shape index (κ1) is 22.8. The largest absolute Gasteiger partial charge is 0.378 e. The molecule has 1 spiro atoms. The van der Waals surface area contributed by atoms with E-state index in [1.807, 2.05) is 0 Å². The standard InChI is InChI=1S/C27H36N6O2/c1-31(2)27(20-6-4-3-5-7-20)12-10-26(11-13-27)19-33(25(34)30-26)21-8-9-22-23(18-21)29-24(28-22)32-14-16-35-17-15-32/h3-9,18,25,30,34H,10-17,19H2,1-2H3,(H,28,29)/t25?,26-,27+. The van der Waals surface area contributed by atoms with Crippen LogP contribution in [0, 0.1) is 0 Å². The summed E-state index contributed by atoms with van der Waals surface area (Å²) in [5.41, 5.74) is 4.28. The van der Waals surface area contributed by atoms with Gasteiger partial charge in [0.05, 0.1) is 24.2 Å². The van der Waals surface area contributed by atoms with E-state index in [1.54, 1.807) is 0 Å². The zero-order chi connectivity index (χ0) is 24.0. The molecule has 3 aromatic rings. The summed E-state index contributed by atoms with van der Waals surface area (Å²) >= 11 is 0. The maximum atomic E-state index is 11.1. The zero-order valence-corrected chi connectivity index (χ0v) is 20.7. The Bertz CT molecular complexity index is 1160. The number of rotatable bonds is 4. The first-order valence-corrected chi connectivity index (χ1v) is 12.8. The van der Waals surface area contributed by atoms with Crippen molar-refractivity contribution in [1.82, 2.24) is 20.2 Å². The van der Waals surface area contributed by atoms with Gasteiger partial charge in [0, 0.05) is 36.4 Å². The average Bonchev–Trinajstić information content (AvgIpc) is 3.46. The van der Waals surface area contributed by atoms with Crippen LogP contribution < -0.4 is 15.1 Å². The first-order chi connectivity index (χ1) is 17.0. The van der Waals surface area contributed by atoms with Gasteiger partial charge in [0.15, 0.2) is 6.35 Å². The van der Waals surface area contributed by atoms with Crippen LogP contribution in [-0.2, 0) is 10.3 Å². The predicted octanol–water partition coefficient (Wildman–Crippen LogP) is 2.85. The Balaban J connectivity index is 1.21. The number of hydrogen-bond donors (Lipinski definition) is 3. The van der Waals surface area contributed by atoms with Gasteiger partial charge in [-0.3, -0.25) is 10.2 Å². The molecule has 2 aliphatic heterocycles. The molecule has 6 rings (SSSR count). The number of nitrogens with zero attached hydrogens (tertiary/aromatic N) is 4. The van der Waals surface area contributed by atoms with E-state index in [2.05, 4.69) is 87.6 Å². The average molecular weight is 477 g/mol. The molecule has 2 aromatic carbocycles. The Hall–Kier alpha value is -2.65. The van der Waals surface area contributed by atoms with E-state index in [0.29, 0.717) is 0 Å². The highest BCUT2D eigenvalue weighted by Gasteiger charge is 2.50. The van der Waals surface area contributed by atoms with E-state index in [1.165, 1.54) is 5.56 Å². The lowest BCUT2D eigenvalue weighted by Crippen LogP contribution is -2.54. The molecule has 186 valence electrons. The number of aromatic amines is 1. The smallest absolute Gasteiger partial charge is 0.203 e. The van der Waals surface area contributed by atoms with Crippen LogP contribution in [0.1, 0.15) is 31.2 Å². The second-order valence-corrected chi connectivity index (χ2v) is 10.6. The van der Waals surface area contributed by atoms with E-state index < -0.39 is 6.35 Å². The number of aromatic nitrogens is 2. The van der Waals surface area contributed by atoms with Crippen LogP contribution in [0.5, 0.6) is 0 Å². The highest BCUT2D eigenvalue weighted by Crippen LogP contribution is 2.46. The minimum absolute atomic E-state index is 0.0381. The quantitative estimate of drug-likeness (QED) is 0.534. The summed E-state index contributed by atoms with van der Waals surface area (Å²) in [5, 5.41) is 14.6. The van der Waals surface area contributed by atoms with Crippen molar-refractivity contribution in [3.63, 3.8) is 0 Å². The molecular weight excluding hydrogens is 440 g/mol. The molecule has 1 saturated carbocycles. The summed E-state index contributed by atoms with van der Waals surface area (Å²) in [4.78, 5) is 15.0. The molecule has 3 N–H and O–H groups in total. The molecule has 3 aliphatic rings. The number of nitrogens with one attached hydrogen (secondary N) is 2. The molecule has 0 amide bonds. The summed E-state index contributed by atoms with van der Waals surface area (Å²) in [6.45, 7) is 3.95. The van der Waals surface area contributed by atoms with Crippen LogP contribution in [-0.4, -0.2) is 78.8 Å². The maximum Gasteiger partial charge on any atom is 0.203 e. The number of benzene rings is 2. The number of imidazole rings is 1. The Morgan fingerprint density at radius 2 is 1.77 bits per heavy atom. The molecule has 1 aromatic heterocycles. The van der Waals surface area contributed by atoms with E-state index in [4.69, 9.17) is 9.72 Å². The first-order valence-electron chi connectivity index (χ1n) is 12.8. The van der Waals surface area contributed by atoms with E-state index in [0.717, 1.165) is 81.2 Å². The summed E-state index contributed by atoms with van der Waals surface area (Å²) in [7, 11) is 4.39. The lowest BCUT2D eigenvalue weighted by atomic mass is 9.69. The summed E-state index contributed by atoms with van der Waals surface area (Å²) in [6.07, 6.45) is 3.44. The Morgan fingerprint density at radius 3 is 2.49 bits per heavy atom. The fourth-order valence-corrected chi connectivity index (χ4v) is 6.31. The number of anilines is 2. The third kappa shape index (κ3) is 3.98. The molecule has 1 atom stereocenters. The summed E-state index contributed by atoms with van der Waals surface area (Å²) < 4.78 is 5.47. The van der Waals surface area contributed by atoms with Crippen molar-refractivity contribution in [3.05, 3.63) is 54.1 Å². The molecule has 3 heterocycles.